The summed E-state index contributed by atoms with van der Waals surface area (Å²) in [5.74, 6) is 0.567. The number of nitrogens with zero attached hydrogens (tertiary/aromatic N) is 1. The number of thiophene rings is 1. The number of halogens is 1. The maximum absolute atomic E-state index is 11.7. The first kappa shape index (κ1) is 13.9. The van der Waals surface area contributed by atoms with Crippen LogP contribution in [0, 0.1) is 0 Å². The van der Waals surface area contributed by atoms with E-state index in [1.165, 1.54) is 17.4 Å². The van der Waals surface area contributed by atoms with Gasteiger partial charge in [-0.15, -0.1) is 11.3 Å². The number of rotatable bonds is 4. The second kappa shape index (κ2) is 6.11. The highest BCUT2D eigenvalue weighted by Gasteiger charge is 2.03. The molecule has 1 amide bonds. The van der Waals surface area contributed by atoms with Crippen LogP contribution in [0.5, 0.6) is 0 Å². The predicted molar refractivity (Wildman–Crippen MR) is 86.3 cm³/mol. The van der Waals surface area contributed by atoms with Gasteiger partial charge in [0, 0.05) is 11.0 Å². The number of hydrogen-bond acceptors (Lipinski definition) is 3. The average molecular weight is 318 g/mol. The van der Waals surface area contributed by atoms with E-state index in [1.807, 2.05) is 30.3 Å². The quantitative estimate of drug-likeness (QED) is 0.722. The number of carbonyl (C=O) groups excluding carboxylic acids is 1. The number of imidazole rings is 1. The summed E-state index contributed by atoms with van der Waals surface area (Å²) < 4.78 is 0.706. The summed E-state index contributed by atoms with van der Waals surface area (Å²) in [4.78, 5) is 20.2. The molecule has 0 saturated heterocycles. The molecule has 0 spiro atoms. The number of fused-ring (bicyclic) bond motifs is 1. The lowest BCUT2D eigenvalue weighted by molar-refractivity contribution is -0.116. The van der Waals surface area contributed by atoms with Gasteiger partial charge in [-0.1, -0.05) is 23.7 Å². The molecule has 4 nitrogen and oxygen atoms in total. The molecule has 106 valence electrons. The van der Waals surface area contributed by atoms with Crippen molar-refractivity contribution in [1.82, 2.24) is 15.3 Å². The van der Waals surface area contributed by atoms with Crippen LogP contribution in [0.1, 0.15) is 10.7 Å². The molecule has 1 aromatic carbocycles. The smallest absolute Gasteiger partial charge is 0.244 e. The second-order valence-electron chi connectivity index (χ2n) is 4.39. The van der Waals surface area contributed by atoms with Gasteiger partial charge in [0.15, 0.2) is 0 Å². The largest absolute Gasteiger partial charge is 0.345 e. The Labute approximate surface area is 130 Å². The van der Waals surface area contributed by atoms with E-state index in [1.54, 1.807) is 12.1 Å². The van der Waals surface area contributed by atoms with Gasteiger partial charge in [-0.25, -0.2) is 4.98 Å². The van der Waals surface area contributed by atoms with Crippen molar-refractivity contribution in [1.29, 1.82) is 0 Å². The third kappa shape index (κ3) is 3.51. The number of carbonyl (C=O) groups is 1. The van der Waals surface area contributed by atoms with Crippen LogP contribution in [0.3, 0.4) is 0 Å². The Kier molecular flexibility index (Phi) is 4.03. The van der Waals surface area contributed by atoms with Gasteiger partial charge in [-0.3, -0.25) is 4.79 Å². The molecule has 2 heterocycles. The lowest BCUT2D eigenvalue weighted by Crippen LogP contribution is -2.20. The van der Waals surface area contributed by atoms with Gasteiger partial charge in [0.05, 0.1) is 21.9 Å². The molecular formula is C15H12ClN3OS. The van der Waals surface area contributed by atoms with Gasteiger partial charge in [0.2, 0.25) is 5.91 Å². The van der Waals surface area contributed by atoms with Crippen LogP contribution in [-0.4, -0.2) is 15.9 Å². The van der Waals surface area contributed by atoms with Gasteiger partial charge < -0.3 is 10.3 Å². The van der Waals surface area contributed by atoms with Crippen molar-refractivity contribution >= 4 is 46.0 Å². The minimum Gasteiger partial charge on any atom is -0.345 e. The van der Waals surface area contributed by atoms with E-state index in [9.17, 15) is 4.79 Å². The fourth-order valence-corrected chi connectivity index (χ4v) is 2.86. The highest BCUT2D eigenvalue weighted by Crippen LogP contribution is 2.22. The minimum atomic E-state index is -0.167. The molecule has 2 aromatic heterocycles. The molecule has 0 unspecified atom stereocenters. The zero-order chi connectivity index (χ0) is 14.7. The standard InChI is InChI=1S/C15H12ClN3OS/c16-13-7-5-10(21-13)6-8-15(20)17-9-14-18-11-3-1-2-4-12(11)19-14/h1-8H,9H2,(H,17,20)(H,18,19). The summed E-state index contributed by atoms with van der Waals surface area (Å²) >= 11 is 7.25. The summed E-state index contributed by atoms with van der Waals surface area (Å²) in [5.41, 5.74) is 1.86. The van der Waals surface area contributed by atoms with E-state index >= 15 is 0 Å². The number of amides is 1. The van der Waals surface area contributed by atoms with Crippen molar-refractivity contribution in [2.75, 3.05) is 0 Å². The van der Waals surface area contributed by atoms with Crippen LogP contribution < -0.4 is 5.32 Å². The summed E-state index contributed by atoms with van der Waals surface area (Å²) in [6.45, 7) is 0.364. The molecule has 0 atom stereocenters. The van der Waals surface area contributed by atoms with Gasteiger partial charge in [0.25, 0.3) is 0 Å². The molecule has 6 heteroatoms. The Morgan fingerprint density at radius 3 is 2.95 bits per heavy atom. The van der Waals surface area contributed by atoms with E-state index in [2.05, 4.69) is 15.3 Å². The molecule has 0 saturated carbocycles. The summed E-state index contributed by atoms with van der Waals surface area (Å²) in [5, 5.41) is 2.79. The topological polar surface area (TPSA) is 57.8 Å². The fourth-order valence-electron chi connectivity index (χ4n) is 1.89. The highest BCUT2D eigenvalue weighted by atomic mass is 35.5. The summed E-state index contributed by atoms with van der Waals surface area (Å²) in [7, 11) is 0. The highest BCUT2D eigenvalue weighted by molar-refractivity contribution is 7.17. The number of hydrogen-bond donors (Lipinski definition) is 2. The van der Waals surface area contributed by atoms with E-state index < -0.39 is 0 Å². The Bertz CT molecular complexity index is 773. The maximum Gasteiger partial charge on any atom is 0.244 e. The number of nitrogens with one attached hydrogen (secondary N) is 2. The molecule has 3 rings (SSSR count). The zero-order valence-corrected chi connectivity index (χ0v) is 12.5. The van der Waals surface area contributed by atoms with Crippen molar-refractivity contribution in [2.24, 2.45) is 0 Å². The molecule has 2 N–H and O–H groups in total. The predicted octanol–water partition coefficient (Wildman–Crippen LogP) is 3.61. The molecule has 0 bridgehead atoms. The second-order valence-corrected chi connectivity index (χ2v) is 6.14. The van der Waals surface area contributed by atoms with Crippen LogP contribution in [-0.2, 0) is 11.3 Å². The Balaban J connectivity index is 1.59. The van der Waals surface area contributed by atoms with Gasteiger partial charge in [0.1, 0.15) is 5.82 Å². The van der Waals surface area contributed by atoms with E-state index in [-0.39, 0.29) is 5.91 Å². The number of para-hydroxylation sites is 2. The van der Waals surface area contributed by atoms with Gasteiger partial charge in [-0.2, -0.15) is 0 Å². The monoisotopic (exact) mass is 317 g/mol. The molecule has 0 radical (unpaired) electrons. The third-order valence-electron chi connectivity index (χ3n) is 2.86. The lowest BCUT2D eigenvalue weighted by atomic mass is 10.3. The number of aromatic amines is 1. The van der Waals surface area contributed by atoms with Crippen LogP contribution in [0.2, 0.25) is 4.34 Å². The van der Waals surface area contributed by atoms with Crippen molar-refractivity contribution in [3.05, 3.63) is 57.5 Å². The Morgan fingerprint density at radius 2 is 2.19 bits per heavy atom. The molecule has 0 aliphatic rings. The average Bonchev–Trinajstić information content (AvgIpc) is 3.08. The normalized spacial score (nSPS) is 11.3. The third-order valence-corrected chi connectivity index (χ3v) is 4.06. The fraction of sp³-hybridized carbons (Fsp3) is 0.0667. The molecule has 3 aromatic rings. The molecule has 21 heavy (non-hydrogen) atoms. The summed E-state index contributed by atoms with van der Waals surface area (Å²) in [6, 6.07) is 11.4. The van der Waals surface area contributed by atoms with Gasteiger partial charge >= 0.3 is 0 Å². The summed E-state index contributed by atoms with van der Waals surface area (Å²) in [6.07, 6.45) is 3.23. The van der Waals surface area contributed by atoms with Crippen molar-refractivity contribution in [3.63, 3.8) is 0 Å². The molecule has 0 fully saturated rings. The van der Waals surface area contributed by atoms with Crippen LogP contribution in [0.25, 0.3) is 17.1 Å². The van der Waals surface area contributed by atoms with E-state index in [4.69, 9.17) is 11.6 Å². The van der Waals surface area contributed by atoms with E-state index in [0.29, 0.717) is 10.9 Å². The van der Waals surface area contributed by atoms with Crippen molar-refractivity contribution in [2.45, 2.75) is 6.54 Å². The first-order valence-electron chi connectivity index (χ1n) is 6.35. The molecule has 0 aliphatic heterocycles. The first-order chi connectivity index (χ1) is 10.2. The van der Waals surface area contributed by atoms with Crippen LogP contribution in [0.4, 0.5) is 0 Å². The zero-order valence-electron chi connectivity index (χ0n) is 11.0. The number of H-pyrrole nitrogens is 1. The Morgan fingerprint density at radius 1 is 1.33 bits per heavy atom. The Hall–Kier alpha value is -2.11. The van der Waals surface area contributed by atoms with Crippen LogP contribution >= 0.6 is 22.9 Å². The molecule has 0 aliphatic carbocycles. The number of benzene rings is 1. The number of aromatic nitrogens is 2. The van der Waals surface area contributed by atoms with E-state index in [0.717, 1.165) is 21.7 Å². The van der Waals surface area contributed by atoms with Crippen LogP contribution in [0.15, 0.2) is 42.5 Å². The van der Waals surface area contributed by atoms with Crippen molar-refractivity contribution in [3.8, 4) is 0 Å². The van der Waals surface area contributed by atoms with Gasteiger partial charge in [-0.05, 0) is 30.3 Å². The maximum atomic E-state index is 11.7. The SMILES string of the molecule is O=C(C=Cc1ccc(Cl)s1)NCc1nc2ccccc2[nH]1. The first-order valence-corrected chi connectivity index (χ1v) is 7.55. The van der Waals surface area contributed by atoms with Crippen molar-refractivity contribution < 1.29 is 4.79 Å². The molecular weight excluding hydrogens is 306 g/mol. The minimum absolute atomic E-state index is 0.167. The lowest BCUT2D eigenvalue weighted by Gasteiger charge is -1.97.